The highest BCUT2D eigenvalue weighted by molar-refractivity contribution is 5.95. The predicted octanol–water partition coefficient (Wildman–Crippen LogP) is 4.70. The summed E-state index contributed by atoms with van der Waals surface area (Å²) >= 11 is 0. The summed E-state index contributed by atoms with van der Waals surface area (Å²) in [5.41, 5.74) is 2.86. The third-order valence-corrected chi connectivity index (χ3v) is 10.4. The molecular formula is C39H49N5O4. The number of nitrogens with zero attached hydrogens (tertiary/aromatic N) is 5. The molecule has 2 amide bonds. The van der Waals surface area contributed by atoms with E-state index in [1.54, 1.807) is 0 Å². The van der Waals surface area contributed by atoms with E-state index >= 15 is 0 Å². The van der Waals surface area contributed by atoms with E-state index in [4.69, 9.17) is 4.74 Å². The van der Waals surface area contributed by atoms with Gasteiger partial charge < -0.3 is 14.5 Å². The van der Waals surface area contributed by atoms with E-state index in [0.29, 0.717) is 32.8 Å². The Morgan fingerprint density at radius 3 is 2.04 bits per heavy atom. The van der Waals surface area contributed by atoms with Gasteiger partial charge in [0.1, 0.15) is 0 Å². The number of amides is 2. The molecule has 0 aliphatic carbocycles. The van der Waals surface area contributed by atoms with Crippen LogP contribution in [-0.2, 0) is 19.7 Å². The third-order valence-electron chi connectivity index (χ3n) is 10.4. The van der Waals surface area contributed by atoms with Crippen molar-refractivity contribution in [3.05, 3.63) is 102 Å². The minimum atomic E-state index is -0.200. The average molecular weight is 652 g/mol. The first-order valence-corrected chi connectivity index (χ1v) is 17.6. The van der Waals surface area contributed by atoms with Crippen molar-refractivity contribution in [2.45, 2.75) is 38.0 Å². The van der Waals surface area contributed by atoms with Gasteiger partial charge in [0, 0.05) is 56.2 Å². The van der Waals surface area contributed by atoms with Crippen LogP contribution in [0.2, 0.25) is 0 Å². The first kappa shape index (κ1) is 33.8. The molecule has 1 unspecified atom stereocenters. The highest BCUT2D eigenvalue weighted by atomic mass is 16.5. The number of rotatable bonds is 11. The van der Waals surface area contributed by atoms with Crippen molar-refractivity contribution in [1.82, 2.24) is 19.7 Å². The number of para-hydroxylation sites is 1. The van der Waals surface area contributed by atoms with E-state index < -0.39 is 0 Å². The molecule has 0 spiro atoms. The number of hydrogen-bond acceptors (Lipinski definition) is 7. The molecule has 254 valence electrons. The van der Waals surface area contributed by atoms with Crippen LogP contribution in [0.4, 0.5) is 5.69 Å². The number of ether oxygens (including phenoxy) is 1. The van der Waals surface area contributed by atoms with Gasteiger partial charge in [0.2, 0.25) is 5.91 Å². The molecular weight excluding hydrogens is 602 g/mol. The second kappa shape index (κ2) is 15.9. The number of piperazine rings is 1. The van der Waals surface area contributed by atoms with Crippen molar-refractivity contribution in [3.63, 3.8) is 0 Å². The van der Waals surface area contributed by atoms with Crippen molar-refractivity contribution in [2.24, 2.45) is 5.92 Å². The number of hydrazine groups is 1. The molecule has 3 aromatic carbocycles. The number of esters is 1. The molecule has 6 rings (SSSR count). The summed E-state index contributed by atoms with van der Waals surface area (Å²) in [5, 5.41) is 4.06. The van der Waals surface area contributed by atoms with Crippen molar-refractivity contribution >= 4 is 23.5 Å². The van der Waals surface area contributed by atoms with Crippen LogP contribution in [0.1, 0.15) is 48.5 Å². The molecule has 3 heterocycles. The molecule has 0 saturated carbocycles. The molecule has 3 saturated heterocycles. The lowest BCUT2D eigenvalue weighted by molar-refractivity contribution is -0.145. The molecule has 1 atom stereocenters. The highest BCUT2D eigenvalue weighted by Gasteiger charge is 2.42. The lowest BCUT2D eigenvalue weighted by Crippen LogP contribution is -2.58. The molecule has 48 heavy (non-hydrogen) atoms. The van der Waals surface area contributed by atoms with Gasteiger partial charge in [-0.1, -0.05) is 66.7 Å². The van der Waals surface area contributed by atoms with E-state index in [0.717, 1.165) is 69.7 Å². The van der Waals surface area contributed by atoms with Crippen LogP contribution in [0.5, 0.6) is 0 Å². The maximum Gasteiger partial charge on any atom is 0.320 e. The maximum atomic E-state index is 14.2. The number of benzene rings is 3. The first-order valence-electron chi connectivity index (χ1n) is 17.6. The van der Waals surface area contributed by atoms with Gasteiger partial charge in [0.25, 0.3) is 5.91 Å². The zero-order chi connectivity index (χ0) is 33.3. The summed E-state index contributed by atoms with van der Waals surface area (Å²) in [7, 11) is 0. The molecule has 0 N–H and O–H groups in total. The van der Waals surface area contributed by atoms with Crippen LogP contribution in [0.15, 0.2) is 91.0 Å². The Morgan fingerprint density at radius 2 is 1.40 bits per heavy atom. The van der Waals surface area contributed by atoms with Gasteiger partial charge in [-0.2, -0.15) is 0 Å². The zero-order valence-corrected chi connectivity index (χ0v) is 28.2. The molecule has 3 aliphatic heterocycles. The Morgan fingerprint density at radius 1 is 0.771 bits per heavy atom. The maximum absolute atomic E-state index is 14.2. The molecule has 0 bridgehead atoms. The number of anilines is 1. The fraction of sp³-hybridized carbons (Fsp3) is 0.462. The van der Waals surface area contributed by atoms with E-state index in [1.807, 2.05) is 77.5 Å². The minimum absolute atomic E-state index is 0.0485. The van der Waals surface area contributed by atoms with Crippen molar-refractivity contribution in [3.8, 4) is 0 Å². The van der Waals surface area contributed by atoms with Crippen LogP contribution in [0, 0.1) is 5.92 Å². The fourth-order valence-corrected chi connectivity index (χ4v) is 7.62. The van der Waals surface area contributed by atoms with Gasteiger partial charge in [-0.3, -0.25) is 19.3 Å². The normalized spacial score (nSPS) is 21.2. The molecule has 9 heteroatoms. The Bertz CT molecular complexity index is 1490. The van der Waals surface area contributed by atoms with Gasteiger partial charge in [0.15, 0.2) is 0 Å². The largest absolute Gasteiger partial charge is 0.465 e. The zero-order valence-electron chi connectivity index (χ0n) is 28.2. The Labute approximate surface area is 285 Å². The van der Waals surface area contributed by atoms with E-state index in [2.05, 4.69) is 45.1 Å². The molecule has 3 aromatic rings. The smallest absolute Gasteiger partial charge is 0.320 e. The van der Waals surface area contributed by atoms with Crippen molar-refractivity contribution < 1.29 is 19.1 Å². The molecule has 3 fully saturated rings. The Hall–Kier alpha value is -4.05. The highest BCUT2D eigenvalue weighted by Crippen LogP contribution is 2.39. The van der Waals surface area contributed by atoms with E-state index in [-0.39, 0.29) is 35.7 Å². The summed E-state index contributed by atoms with van der Waals surface area (Å²) in [6, 6.07) is 30.3. The topological polar surface area (TPSA) is 76.6 Å². The van der Waals surface area contributed by atoms with Crippen molar-refractivity contribution in [1.29, 1.82) is 0 Å². The SMILES string of the molecule is CCOC(=O)CN1CCN(N(C(=O)C2CCN(CCC3(c4ccccc4)CCN(C(=O)c4ccccc4)C3)CC2)c2ccccc2)CC1. The Balaban J connectivity index is 1.07. The summed E-state index contributed by atoms with van der Waals surface area (Å²) < 4.78 is 5.14. The van der Waals surface area contributed by atoms with Gasteiger partial charge >= 0.3 is 5.97 Å². The summed E-state index contributed by atoms with van der Waals surface area (Å²) in [6.45, 7) is 9.41. The lowest BCUT2D eigenvalue weighted by atomic mass is 9.76. The monoisotopic (exact) mass is 651 g/mol. The second-order valence-electron chi connectivity index (χ2n) is 13.4. The minimum Gasteiger partial charge on any atom is -0.465 e. The van der Waals surface area contributed by atoms with Gasteiger partial charge in [-0.05, 0) is 82.1 Å². The van der Waals surface area contributed by atoms with E-state index in [9.17, 15) is 14.4 Å². The van der Waals surface area contributed by atoms with Crippen LogP contribution >= 0.6 is 0 Å². The molecule has 0 radical (unpaired) electrons. The van der Waals surface area contributed by atoms with Gasteiger partial charge in [0.05, 0.1) is 18.8 Å². The molecule has 3 aliphatic rings. The van der Waals surface area contributed by atoms with Gasteiger partial charge in [-0.15, -0.1) is 0 Å². The van der Waals surface area contributed by atoms with Crippen LogP contribution < -0.4 is 5.01 Å². The number of hydrogen-bond donors (Lipinski definition) is 0. The fourth-order valence-electron chi connectivity index (χ4n) is 7.62. The molecule has 9 nitrogen and oxygen atoms in total. The number of piperidine rings is 1. The summed E-state index contributed by atoms with van der Waals surface area (Å²) in [6.07, 6.45) is 3.56. The number of likely N-dealkylation sites (tertiary alicyclic amines) is 2. The first-order chi connectivity index (χ1) is 23.5. The van der Waals surface area contributed by atoms with E-state index in [1.165, 1.54) is 5.56 Å². The average Bonchev–Trinajstić information content (AvgIpc) is 3.58. The lowest BCUT2D eigenvalue weighted by Gasteiger charge is -2.43. The third kappa shape index (κ3) is 7.97. The summed E-state index contributed by atoms with van der Waals surface area (Å²) in [4.78, 5) is 46.3. The number of carbonyl (C=O) groups is 3. The van der Waals surface area contributed by atoms with Crippen LogP contribution in [0.3, 0.4) is 0 Å². The predicted molar refractivity (Wildman–Crippen MR) is 187 cm³/mol. The van der Waals surface area contributed by atoms with Gasteiger partial charge in [-0.25, -0.2) is 10.0 Å². The summed E-state index contributed by atoms with van der Waals surface area (Å²) in [5.74, 6) is 0.0179. The quantitative estimate of drug-likeness (QED) is 0.278. The Kier molecular flexibility index (Phi) is 11.2. The molecule has 0 aromatic heterocycles. The van der Waals surface area contributed by atoms with Crippen LogP contribution in [0.25, 0.3) is 0 Å². The number of carbonyl (C=O) groups excluding carboxylic acids is 3. The van der Waals surface area contributed by atoms with Crippen LogP contribution in [-0.4, -0.2) is 110 Å². The van der Waals surface area contributed by atoms with Crippen molar-refractivity contribution in [2.75, 3.05) is 77.1 Å². The standard InChI is InChI=1S/C39H49N5O4/c1-2-48-36(45)30-41-26-28-43(29-27-41)44(35-16-10-5-11-17-35)38(47)33-18-22-40(23-19-33)24-20-39(34-14-8-4-9-15-34)21-25-42(31-39)37(46)32-12-6-3-7-13-32/h3-17,33H,2,18-31H2,1H3. The second-order valence-corrected chi connectivity index (χ2v) is 13.4.